The molecule has 0 aliphatic carbocycles. The Morgan fingerprint density at radius 3 is 1.33 bits per heavy atom. The average molecular weight is 667 g/mol. The Balaban J connectivity index is 1.50. The van der Waals surface area contributed by atoms with Gasteiger partial charge in [0.15, 0.2) is 25.2 Å². The topological polar surface area (TPSA) is 348 Å². The summed E-state index contributed by atoms with van der Waals surface area (Å²) < 4.78 is 37.9. The van der Waals surface area contributed by atoms with Crippen molar-refractivity contribution in [1.29, 1.82) is 0 Å². The minimum Gasteiger partial charge on any atom is -0.394 e. The number of rotatable bonds is 10. The molecular weight excluding hydrogens is 624 g/mol. The van der Waals surface area contributed by atoms with Crippen molar-refractivity contribution in [3.63, 3.8) is 0 Å². The van der Waals surface area contributed by atoms with E-state index in [4.69, 9.17) is 33.2 Å². The summed E-state index contributed by atoms with van der Waals surface area (Å²) in [4.78, 5) is 0. The highest BCUT2D eigenvalue weighted by Gasteiger charge is 2.53. The smallest absolute Gasteiger partial charge is 0.187 e. The summed E-state index contributed by atoms with van der Waals surface area (Å²) in [5, 5.41) is 141. The molecule has 4 rings (SSSR count). The monoisotopic (exact) mass is 666 g/mol. The molecule has 264 valence electrons. The van der Waals surface area contributed by atoms with Crippen molar-refractivity contribution in [2.75, 3.05) is 26.4 Å². The molecule has 4 saturated heterocycles. The maximum Gasteiger partial charge on any atom is 0.187 e. The minimum atomic E-state index is -1.98. The van der Waals surface area contributed by atoms with Crippen LogP contribution >= 0.6 is 0 Å². The zero-order valence-electron chi connectivity index (χ0n) is 23.5. The SMILES string of the molecule is OC[C@H]1O[C@H](OC[C@H]2O[C@H](OC[C@H]3OC(O)[C@H](O)[C@@H](O)[C@@H]3O)[C@H](O[C@H]3O[C@H](CO)[C@@H](O)[C@H](O)[C@H]3O)[C@@H](O)[C@@H]2O)[C@H](O)[C@@H](O)[C@@H]1O. The molecule has 45 heavy (non-hydrogen) atoms. The van der Waals surface area contributed by atoms with Gasteiger partial charge in [0.2, 0.25) is 0 Å². The number of hydrogen-bond donors (Lipinski definition) is 14. The van der Waals surface area contributed by atoms with Crippen LogP contribution in [0.1, 0.15) is 0 Å². The molecular formula is C24H42O21. The number of aliphatic hydroxyl groups excluding tert-OH is 14. The lowest BCUT2D eigenvalue weighted by molar-refractivity contribution is -0.376. The van der Waals surface area contributed by atoms with Gasteiger partial charge < -0.3 is 105 Å². The van der Waals surface area contributed by atoms with Crippen LogP contribution in [-0.4, -0.2) is 221 Å². The first-order chi connectivity index (χ1) is 21.2. The van der Waals surface area contributed by atoms with E-state index in [9.17, 15) is 71.5 Å². The van der Waals surface area contributed by atoms with Gasteiger partial charge in [-0.2, -0.15) is 0 Å². The molecule has 21 nitrogen and oxygen atoms in total. The van der Waals surface area contributed by atoms with Gasteiger partial charge in [0.05, 0.1) is 26.4 Å². The highest BCUT2D eigenvalue weighted by Crippen LogP contribution is 2.31. The van der Waals surface area contributed by atoms with E-state index in [1.54, 1.807) is 0 Å². The quantitative estimate of drug-likeness (QED) is 0.103. The molecule has 4 heterocycles. The fourth-order valence-corrected chi connectivity index (χ4v) is 5.31. The standard InChI is InChI=1S/C24H42O21/c25-1-5-9(27)14(32)18(36)22(42-5)39-4-8-12(30)16(34)20(45-23-19(37)15(33)10(28)6(2-26)43-23)24(44-8)40-3-7-11(29)13(31)17(35)21(38)41-7/h5-38H,1-4H2/t5-,6-,7-,8-,9-,10-,11-,12-,13+,14+,15+,16+,17-,18-,19-,20-,21?,22+,23-,24+/m1/s1. The van der Waals surface area contributed by atoms with Crippen molar-refractivity contribution in [3.8, 4) is 0 Å². The van der Waals surface area contributed by atoms with Crippen LogP contribution in [0.2, 0.25) is 0 Å². The second-order valence-electron chi connectivity index (χ2n) is 11.2. The summed E-state index contributed by atoms with van der Waals surface area (Å²) in [6.45, 7) is -2.99. The van der Waals surface area contributed by atoms with Gasteiger partial charge in [-0.25, -0.2) is 0 Å². The Labute approximate surface area is 254 Å². The van der Waals surface area contributed by atoms with Gasteiger partial charge in [0, 0.05) is 0 Å². The highest BCUT2D eigenvalue weighted by atomic mass is 16.8. The first-order valence-electron chi connectivity index (χ1n) is 14.1. The lowest BCUT2D eigenvalue weighted by Gasteiger charge is -2.47. The normalized spacial score (nSPS) is 52.9. The average Bonchev–Trinajstić information content (AvgIpc) is 3.03. The van der Waals surface area contributed by atoms with Crippen LogP contribution in [0.3, 0.4) is 0 Å². The van der Waals surface area contributed by atoms with Crippen LogP contribution < -0.4 is 0 Å². The minimum absolute atomic E-state index is 0.695. The van der Waals surface area contributed by atoms with Crippen molar-refractivity contribution in [3.05, 3.63) is 0 Å². The Morgan fingerprint density at radius 2 is 0.778 bits per heavy atom. The van der Waals surface area contributed by atoms with Crippen LogP contribution in [-0.2, 0) is 33.2 Å². The zero-order valence-corrected chi connectivity index (χ0v) is 23.5. The first-order valence-corrected chi connectivity index (χ1v) is 14.1. The molecule has 4 fully saturated rings. The number of aliphatic hydroxyl groups is 14. The second kappa shape index (κ2) is 15.6. The van der Waals surface area contributed by atoms with Crippen LogP contribution in [0, 0.1) is 0 Å². The Kier molecular flexibility index (Phi) is 12.8. The fraction of sp³-hybridized carbons (Fsp3) is 1.00. The summed E-state index contributed by atoms with van der Waals surface area (Å²) in [6.07, 6.45) is -35.1. The molecule has 0 spiro atoms. The lowest BCUT2D eigenvalue weighted by Crippen LogP contribution is -2.65. The Morgan fingerprint density at radius 1 is 0.378 bits per heavy atom. The molecule has 0 saturated carbocycles. The molecule has 20 atom stereocenters. The summed E-state index contributed by atoms with van der Waals surface area (Å²) in [7, 11) is 0. The largest absolute Gasteiger partial charge is 0.394 e. The third-order valence-corrected chi connectivity index (χ3v) is 8.17. The van der Waals surface area contributed by atoms with E-state index >= 15 is 0 Å². The first kappa shape index (κ1) is 37.0. The summed E-state index contributed by atoms with van der Waals surface area (Å²) in [5.41, 5.74) is 0. The molecule has 14 N–H and O–H groups in total. The van der Waals surface area contributed by atoms with Gasteiger partial charge in [-0.05, 0) is 0 Å². The van der Waals surface area contributed by atoms with Crippen molar-refractivity contribution >= 4 is 0 Å². The van der Waals surface area contributed by atoms with Gasteiger partial charge in [0.25, 0.3) is 0 Å². The van der Waals surface area contributed by atoms with Crippen LogP contribution in [0.5, 0.6) is 0 Å². The van der Waals surface area contributed by atoms with Crippen LogP contribution in [0.4, 0.5) is 0 Å². The Hall–Kier alpha value is -0.840. The molecule has 0 radical (unpaired) electrons. The van der Waals surface area contributed by atoms with Gasteiger partial charge in [-0.1, -0.05) is 0 Å². The molecule has 0 aromatic rings. The molecule has 1 unspecified atom stereocenters. The van der Waals surface area contributed by atoms with Gasteiger partial charge >= 0.3 is 0 Å². The van der Waals surface area contributed by atoms with Crippen molar-refractivity contribution < 1.29 is 105 Å². The molecule has 0 aromatic carbocycles. The van der Waals surface area contributed by atoms with Crippen molar-refractivity contribution in [1.82, 2.24) is 0 Å². The summed E-state index contributed by atoms with van der Waals surface area (Å²) in [6, 6.07) is 0. The highest BCUT2D eigenvalue weighted by molar-refractivity contribution is 4.95. The molecule has 21 heteroatoms. The molecule has 0 amide bonds. The van der Waals surface area contributed by atoms with Gasteiger partial charge in [-0.3, -0.25) is 0 Å². The van der Waals surface area contributed by atoms with Crippen molar-refractivity contribution in [2.24, 2.45) is 0 Å². The van der Waals surface area contributed by atoms with Gasteiger partial charge in [0.1, 0.15) is 97.7 Å². The summed E-state index contributed by atoms with van der Waals surface area (Å²) in [5.74, 6) is 0. The molecule has 0 aromatic heterocycles. The number of ether oxygens (including phenoxy) is 7. The summed E-state index contributed by atoms with van der Waals surface area (Å²) >= 11 is 0. The van der Waals surface area contributed by atoms with Crippen LogP contribution in [0.15, 0.2) is 0 Å². The zero-order chi connectivity index (χ0) is 33.3. The van der Waals surface area contributed by atoms with E-state index in [0.29, 0.717) is 0 Å². The Bertz CT molecular complexity index is 912. The van der Waals surface area contributed by atoms with E-state index in [1.807, 2.05) is 0 Å². The van der Waals surface area contributed by atoms with Crippen molar-refractivity contribution in [2.45, 2.75) is 123 Å². The molecule has 4 aliphatic heterocycles. The van der Waals surface area contributed by atoms with Crippen LogP contribution in [0.25, 0.3) is 0 Å². The third kappa shape index (κ3) is 7.75. The van der Waals surface area contributed by atoms with E-state index in [1.165, 1.54) is 0 Å². The molecule has 0 bridgehead atoms. The van der Waals surface area contributed by atoms with E-state index in [0.717, 1.165) is 0 Å². The second-order valence-corrected chi connectivity index (χ2v) is 11.2. The fourth-order valence-electron chi connectivity index (χ4n) is 5.31. The predicted molar refractivity (Wildman–Crippen MR) is 134 cm³/mol. The number of hydrogen-bond acceptors (Lipinski definition) is 21. The van der Waals surface area contributed by atoms with Gasteiger partial charge in [-0.15, -0.1) is 0 Å². The van der Waals surface area contributed by atoms with E-state index < -0.39 is 149 Å². The lowest BCUT2D eigenvalue weighted by atomic mass is 9.97. The third-order valence-electron chi connectivity index (χ3n) is 8.17. The van der Waals surface area contributed by atoms with E-state index in [2.05, 4.69) is 0 Å². The maximum absolute atomic E-state index is 11.0. The van der Waals surface area contributed by atoms with E-state index in [-0.39, 0.29) is 0 Å². The molecule has 4 aliphatic rings. The predicted octanol–water partition coefficient (Wildman–Crippen LogP) is -9.75. The maximum atomic E-state index is 11.0.